The minimum absolute atomic E-state index is 0.390. The van der Waals surface area contributed by atoms with Gasteiger partial charge in [0.15, 0.2) is 5.82 Å². The summed E-state index contributed by atoms with van der Waals surface area (Å²) in [6, 6.07) is 5.82. The molecule has 0 aliphatic carbocycles. The van der Waals surface area contributed by atoms with Crippen LogP contribution in [0.2, 0.25) is 0 Å². The van der Waals surface area contributed by atoms with E-state index < -0.39 is 0 Å². The molecule has 0 fully saturated rings. The van der Waals surface area contributed by atoms with E-state index in [0.29, 0.717) is 19.0 Å². The van der Waals surface area contributed by atoms with Crippen LogP contribution < -0.4 is 10.6 Å². The highest BCUT2D eigenvalue weighted by molar-refractivity contribution is 5.47. The summed E-state index contributed by atoms with van der Waals surface area (Å²) in [5.74, 6) is 2.22. The molecule has 0 aliphatic rings. The van der Waals surface area contributed by atoms with Crippen molar-refractivity contribution in [1.29, 1.82) is 0 Å². The maximum Gasteiger partial charge on any atom is 0.158 e. The van der Waals surface area contributed by atoms with E-state index >= 15 is 0 Å². The van der Waals surface area contributed by atoms with Crippen molar-refractivity contribution < 1.29 is 4.74 Å². The summed E-state index contributed by atoms with van der Waals surface area (Å²) in [4.78, 5) is 12.9. The Balaban J connectivity index is 2.09. The smallest absolute Gasteiger partial charge is 0.158 e. The van der Waals surface area contributed by atoms with Crippen LogP contribution in [0.1, 0.15) is 18.3 Å². The van der Waals surface area contributed by atoms with Gasteiger partial charge in [0.25, 0.3) is 0 Å². The van der Waals surface area contributed by atoms with Gasteiger partial charge in [-0.3, -0.25) is 4.98 Å². The summed E-state index contributed by atoms with van der Waals surface area (Å²) >= 11 is 0. The average molecular weight is 273 g/mol. The van der Waals surface area contributed by atoms with Crippen molar-refractivity contribution >= 4 is 11.6 Å². The van der Waals surface area contributed by atoms with Crippen molar-refractivity contribution in [3.8, 4) is 0 Å². The molecule has 0 radical (unpaired) electrons. The monoisotopic (exact) mass is 273 g/mol. The second-order valence-electron chi connectivity index (χ2n) is 4.23. The Morgan fingerprint density at radius 1 is 1.20 bits per heavy atom. The molecule has 0 saturated heterocycles. The summed E-state index contributed by atoms with van der Waals surface area (Å²) in [6.07, 6.45) is 3.59. The lowest BCUT2D eigenvalue weighted by Gasteiger charge is -2.10. The van der Waals surface area contributed by atoms with Gasteiger partial charge < -0.3 is 15.4 Å². The zero-order chi connectivity index (χ0) is 14.2. The SMILES string of the molecule is CCNc1cc(NCc2cccnc2)nc(COC)n1. The number of anilines is 2. The number of pyridine rings is 1. The molecule has 106 valence electrons. The molecule has 6 nitrogen and oxygen atoms in total. The van der Waals surface area contributed by atoms with Crippen LogP contribution in [0, 0.1) is 0 Å². The Kier molecular flexibility index (Phi) is 5.25. The number of hydrogen-bond donors (Lipinski definition) is 2. The number of nitrogens with one attached hydrogen (secondary N) is 2. The first kappa shape index (κ1) is 14.2. The van der Waals surface area contributed by atoms with E-state index in [2.05, 4.69) is 25.6 Å². The molecule has 0 bridgehead atoms. The average Bonchev–Trinajstić information content (AvgIpc) is 2.47. The van der Waals surface area contributed by atoms with Gasteiger partial charge in [-0.05, 0) is 18.6 Å². The first-order valence-electron chi connectivity index (χ1n) is 6.55. The lowest BCUT2D eigenvalue weighted by atomic mass is 10.3. The molecule has 2 aromatic rings. The first-order valence-corrected chi connectivity index (χ1v) is 6.55. The summed E-state index contributed by atoms with van der Waals surface area (Å²) in [5, 5.41) is 6.46. The summed E-state index contributed by atoms with van der Waals surface area (Å²) < 4.78 is 5.09. The number of nitrogens with zero attached hydrogens (tertiary/aromatic N) is 3. The Hall–Kier alpha value is -2.21. The molecule has 0 saturated carbocycles. The quantitative estimate of drug-likeness (QED) is 0.804. The molecule has 2 N–H and O–H groups in total. The number of hydrogen-bond acceptors (Lipinski definition) is 6. The fourth-order valence-electron chi connectivity index (χ4n) is 1.75. The third-order valence-electron chi connectivity index (χ3n) is 2.60. The van der Waals surface area contributed by atoms with E-state index in [-0.39, 0.29) is 0 Å². The Morgan fingerprint density at radius 2 is 2.00 bits per heavy atom. The van der Waals surface area contributed by atoms with Gasteiger partial charge in [-0.25, -0.2) is 9.97 Å². The van der Waals surface area contributed by atoms with Crippen LogP contribution in [0.25, 0.3) is 0 Å². The van der Waals surface area contributed by atoms with Crippen LogP contribution in [0.3, 0.4) is 0 Å². The molecule has 2 rings (SSSR count). The Labute approximate surface area is 118 Å². The van der Waals surface area contributed by atoms with Gasteiger partial charge in [-0.15, -0.1) is 0 Å². The predicted molar refractivity (Wildman–Crippen MR) is 78.5 cm³/mol. The third-order valence-corrected chi connectivity index (χ3v) is 2.60. The molecule has 0 unspecified atom stereocenters. The maximum absolute atomic E-state index is 5.09. The van der Waals surface area contributed by atoms with E-state index in [1.807, 2.05) is 31.3 Å². The van der Waals surface area contributed by atoms with Crippen LogP contribution in [0.15, 0.2) is 30.6 Å². The predicted octanol–water partition coefficient (Wildman–Crippen LogP) is 2.06. The highest BCUT2D eigenvalue weighted by Gasteiger charge is 2.04. The first-order chi connectivity index (χ1) is 9.81. The summed E-state index contributed by atoms with van der Waals surface area (Å²) in [6.45, 7) is 3.90. The van der Waals surface area contributed by atoms with Crippen molar-refractivity contribution in [3.05, 3.63) is 42.0 Å². The fraction of sp³-hybridized carbons (Fsp3) is 0.357. The number of methoxy groups -OCH3 is 1. The zero-order valence-corrected chi connectivity index (χ0v) is 11.8. The standard InChI is InChI=1S/C14H19N5O/c1-3-16-12-7-13(19-14(18-12)10-20-2)17-9-11-5-4-6-15-8-11/h4-8H,3,9-10H2,1-2H3,(H2,16,17,18,19). The molecule has 0 atom stereocenters. The third kappa shape index (κ3) is 4.17. The van der Waals surface area contributed by atoms with Crippen LogP contribution in [0.4, 0.5) is 11.6 Å². The number of aromatic nitrogens is 3. The lowest BCUT2D eigenvalue weighted by molar-refractivity contribution is 0.178. The summed E-state index contributed by atoms with van der Waals surface area (Å²) in [7, 11) is 1.63. The van der Waals surface area contributed by atoms with E-state index in [0.717, 1.165) is 23.7 Å². The van der Waals surface area contributed by atoms with Crippen molar-refractivity contribution in [2.24, 2.45) is 0 Å². The van der Waals surface area contributed by atoms with E-state index in [1.165, 1.54) is 0 Å². The van der Waals surface area contributed by atoms with Gasteiger partial charge in [-0.1, -0.05) is 6.07 Å². The largest absolute Gasteiger partial charge is 0.377 e. The highest BCUT2D eigenvalue weighted by Crippen LogP contribution is 2.13. The Morgan fingerprint density at radius 3 is 2.65 bits per heavy atom. The van der Waals surface area contributed by atoms with Gasteiger partial charge in [0.2, 0.25) is 0 Å². The number of ether oxygens (including phenoxy) is 1. The maximum atomic E-state index is 5.09. The highest BCUT2D eigenvalue weighted by atomic mass is 16.5. The normalized spacial score (nSPS) is 10.3. The fourth-order valence-corrected chi connectivity index (χ4v) is 1.75. The zero-order valence-electron chi connectivity index (χ0n) is 11.8. The molecule has 0 spiro atoms. The van der Waals surface area contributed by atoms with Gasteiger partial charge >= 0.3 is 0 Å². The topological polar surface area (TPSA) is 72.0 Å². The van der Waals surface area contributed by atoms with Crippen LogP contribution in [-0.2, 0) is 17.9 Å². The number of rotatable bonds is 7. The molecular formula is C14H19N5O. The van der Waals surface area contributed by atoms with Crippen LogP contribution in [-0.4, -0.2) is 28.6 Å². The second-order valence-corrected chi connectivity index (χ2v) is 4.23. The minimum atomic E-state index is 0.390. The molecule has 6 heteroatoms. The summed E-state index contributed by atoms with van der Waals surface area (Å²) in [5.41, 5.74) is 1.10. The van der Waals surface area contributed by atoms with Gasteiger partial charge in [0, 0.05) is 38.7 Å². The van der Waals surface area contributed by atoms with E-state index in [9.17, 15) is 0 Å². The van der Waals surface area contributed by atoms with Crippen molar-refractivity contribution in [1.82, 2.24) is 15.0 Å². The van der Waals surface area contributed by atoms with Gasteiger partial charge in [-0.2, -0.15) is 0 Å². The van der Waals surface area contributed by atoms with Gasteiger partial charge in [0.1, 0.15) is 18.2 Å². The molecule has 20 heavy (non-hydrogen) atoms. The molecule has 0 aliphatic heterocycles. The van der Waals surface area contributed by atoms with Crippen LogP contribution >= 0.6 is 0 Å². The van der Waals surface area contributed by atoms with E-state index in [1.54, 1.807) is 13.3 Å². The second kappa shape index (κ2) is 7.40. The van der Waals surface area contributed by atoms with Gasteiger partial charge in [0.05, 0.1) is 0 Å². The van der Waals surface area contributed by atoms with Crippen molar-refractivity contribution in [2.45, 2.75) is 20.1 Å². The lowest BCUT2D eigenvalue weighted by Crippen LogP contribution is -2.08. The molecule has 2 heterocycles. The molecular weight excluding hydrogens is 254 g/mol. The van der Waals surface area contributed by atoms with Crippen LogP contribution in [0.5, 0.6) is 0 Å². The minimum Gasteiger partial charge on any atom is -0.377 e. The Bertz CT molecular complexity index is 508. The van der Waals surface area contributed by atoms with Crippen molar-refractivity contribution in [3.63, 3.8) is 0 Å². The van der Waals surface area contributed by atoms with E-state index in [4.69, 9.17) is 4.74 Å². The molecule has 2 aromatic heterocycles. The molecule has 0 aromatic carbocycles. The molecule has 0 amide bonds. The van der Waals surface area contributed by atoms with Crippen molar-refractivity contribution in [2.75, 3.05) is 24.3 Å².